The maximum absolute atomic E-state index is 5.98. The average molecular weight is 195 g/mol. The van der Waals surface area contributed by atoms with Gasteiger partial charge in [0.25, 0.3) is 0 Å². The molecule has 0 amide bonds. The highest BCUT2D eigenvalue weighted by atomic mass is 14.7. The van der Waals surface area contributed by atoms with Crippen molar-refractivity contribution in [3.63, 3.8) is 0 Å². The van der Waals surface area contributed by atoms with E-state index in [4.69, 9.17) is 5.73 Å². The molecule has 0 aromatic rings. The van der Waals surface area contributed by atoms with Gasteiger partial charge < -0.3 is 5.73 Å². The second kappa shape index (κ2) is 4.22. The molecule has 0 aliphatic heterocycles. The molecule has 5 atom stereocenters. The van der Waals surface area contributed by atoms with Crippen LogP contribution in [-0.2, 0) is 0 Å². The molecule has 2 fully saturated rings. The summed E-state index contributed by atoms with van der Waals surface area (Å²) in [6, 6.07) is 0.444. The lowest BCUT2D eigenvalue weighted by molar-refractivity contribution is 0.194. The van der Waals surface area contributed by atoms with Crippen LogP contribution in [0, 0.1) is 23.7 Å². The van der Waals surface area contributed by atoms with Crippen LogP contribution in [0.5, 0.6) is 0 Å². The van der Waals surface area contributed by atoms with Crippen LogP contribution in [0.2, 0.25) is 0 Å². The molecular formula is C13H25N. The number of hydrogen-bond acceptors (Lipinski definition) is 1. The molecular weight excluding hydrogens is 170 g/mol. The Morgan fingerprint density at radius 3 is 2.50 bits per heavy atom. The Morgan fingerprint density at radius 2 is 1.93 bits per heavy atom. The highest BCUT2D eigenvalue weighted by Crippen LogP contribution is 2.52. The molecule has 0 bridgehead atoms. The average Bonchev–Trinajstić information content (AvgIpc) is 2.97. The van der Waals surface area contributed by atoms with Crippen molar-refractivity contribution in [2.24, 2.45) is 29.4 Å². The molecule has 0 spiro atoms. The van der Waals surface area contributed by atoms with Crippen molar-refractivity contribution in [1.29, 1.82) is 0 Å². The van der Waals surface area contributed by atoms with Gasteiger partial charge in [0.15, 0.2) is 0 Å². The molecule has 2 N–H and O–H groups in total. The number of hydrogen-bond donors (Lipinski definition) is 1. The Morgan fingerprint density at radius 1 is 1.21 bits per heavy atom. The van der Waals surface area contributed by atoms with Gasteiger partial charge in [0.1, 0.15) is 0 Å². The zero-order valence-electron chi connectivity index (χ0n) is 9.71. The van der Waals surface area contributed by atoms with Gasteiger partial charge in [-0.3, -0.25) is 0 Å². The topological polar surface area (TPSA) is 26.0 Å². The summed E-state index contributed by atoms with van der Waals surface area (Å²) in [6.45, 7) is 4.56. The minimum absolute atomic E-state index is 0.444. The Kier molecular flexibility index (Phi) is 3.16. The smallest absolute Gasteiger partial charge is 0.00416 e. The van der Waals surface area contributed by atoms with E-state index in [1.165, 1.54) is 38.5 Å². The minimum Gasteiger partial charge on any atom is -0.328 e. The van der Waals surface area contributed by atoms with Gasteiger partial charge in [0.05, 0.1) is 0 Å². The summed E-state index contributed by atoms with van der Waals surface area (Å²) in [7, 11) is 0. The summed E-state index contributed by atoms with van der Waals surface area (Å²) in [6.07, 6.45) is 8.76. The zero-order valence-corrected chi connectivity index (χ0v) is 9.71. The van der Waals surface area contributed by atoms with Crippen LogP contribution in [0.1, 0.15) is 52.4 Å². The van der Waals surface area contributed by atoms with Crippen LogP contribution >= 0.6 is 0 Å². The summed E-state index contributed by atoms with van der Waals surface area (Å²) in [5.74, 6) is 3.93. The number of rotatable bonds is 3. The molecule has 5 unspecified atom stereocenters. The molecule has 1 heteroatoms. The molecule has 2 aliphatic carbocycles. The third kappa shape index (κ3) is 1.98. The van der Waals surface area contributed by atoms with Crippen molar-refractivity contribution >= 4 is 0 Å². The Bertz CT molecular complexity index is 188. The van der Waals surface area contributed by atoms with Gasteiger partial charge in [-0.15, -0.1) is 0 Å². The van der Waals surface area contributed by atoms with Gasteiger partial charge in [0.2, 0.25) is 0 Å². The molecule has 14 heavy (non-hydrogen) atoms. The summed E-state index contributed by atoms with van der Waals surface area (Å²) >= 11 is 0. The molecule has 2 saturated carbocycles. The zero-order chi connectivity index (χ0) is 10.1. The fraction of sp³-hybridized carbons (Fsp3) is 1.00. The monoisotopic (exact) mass is 195 g/mol. The first-order chi connectivity index (χ1) is 6.74. The molecule has 2 rings (SSSR count). The Hall–Kier alpha value is -0.0400. The van der Waals surface area contributed by atoms with E-state index in [-0.39, 0.29) is 0 Å². The minimum atomic E-state index is 0.444. The fourth-order valence-corrected chi connectivity index (χ4v) is 3.64. The van der Waals surface area contributed by atoms with Crippen LogP contribution in [0.25, 0.3) is 0 Å². The van der Waals surface area contributed by atoms with Crippen molar-refractivity contribution < 1.29 is 0 Å². The largest absolute Gasteiger partial charge is 0.328 e. The maximum atomic E-state index is 5.98. The van der Waals surface area contributed by atoms with Gasteiger partial charge in [-0.25, -0.2) is 0 Å². The van der Waals surface area contributed by atoms with Gasteiger partial charge in [-0.05, 0) is 43.4 Å². The summed E-state index contributed by atoms with van der Waals surface area (Å²) < 4.78 is 0. The van der Waals surface area contributed by atoms with Crippen molar-refractivity contribution in [3.05, 3.63) is 0 Å². The quantitative estimate of drug-likeness (QED) is 0.735. The van der Waals surface area contributed by atoms with Gasteiger partial charge in [0, 0.05) is 6.04 Å². The lowest BCUT2D eigenvalue weighted by atomic mass is 9.74. The molecule has 2 aliphatic rings. The van der Waals surface area contributed by atoms with Crippen molar-refractivity contribution in [2.75, 3.05) is 0 Å². The standard InChI is InChI=1S/C13H25N/c1-3-10-6-4-5-7-11(10)13-8-12(13)9(2)14/h9-13H,3-8,14H2,1-2H3. The fourth-order valence-electron chi connectivity index (χ4n) is 3.64. The summed E-state index contributed by atoms with van der Waals surface area (Å²) in [4.78, 5) is 0. The third-order valence-corrected chi connectivity index (χ3v) is 4.61. The van der Waals surface area contributed by atoms with Crippen molar-refractivity contribution in [2.45, 2.75) is 58.4 Å². The van der Waals surface area contributed by atoms with E-state index < -0.39 is 0 Å². The Balaban J connectivity index is 1.90. The Labute approximate surface area is 88.4 Å². The van der Waals surface area contributed by atoms with Crippen LogP contribution < -0.4 is 5.73 Å². The van der Waals surface area contributed by atoms with Crippen LogP contribution in [0.4, 0.5) is 0 Å². The van der Waals surface area contributed by atoms with E-state index in [2.05, 4.69) is 13.8 Å². The molecule has 82 valence electrons. The third-order valence-electron chi connectivity index (χ3n) is 4.61. The van der Waals surface area contributed by atoms with Gasteiger partial charge in [-0.2, -0.15) is 0 Å². The van der Waals surface area contributed by atoms with Gasteiger partial charge in [-0.1, -0.05) is 32.6 Å². The van der Waals surface area contributed by atoms with E-state index in [0.29, 0.717) is 6.04 Å². The van der Waals surface area contributed by atoms with Crippen LogP contribution in [0.15, 0.2) is 0 Å². The predicted octanol–water partition coefficient (Wildman–Crippen LogP) is 3.19. The number of nitrogens with two attached hydrogens (primary N) is 1. The van der Waals surface area contributed by atoms with Crippen molar-refractivity contribution in [1.82, 2.24) is 0 Å². The van der Waals surface area contributed by atoms with Gasteiger partial charge >= 0.3 is 0 Å². The first-order valence-corrected chi connectivity index (χ1v) is 6.49. The van der Waals surface area contributed by atoms with Crippen molar-refractivity contribution in [3.8, 4) is 0 Å². The molecule has 0 aromatic carbocycles. The summed E-state index contributed by atoms with van der Waals surface area (Å²) in [5.41, 5.74) is 5.98. The normalized spacial score (nSPS) is 44.8. The van der Waals surface area contributed by atoms with E-state index in [1.54, 1.807) is 0 Å². The maximum Gasteiger partial charge on any atom is 0.00416 e. The molecule has 0 heterocycles. The van der Waals surface area contributed by atoms with Crippen LogP contribution in [-0.4, -0.2) is 6.04 Å². The SMILES string of the molecule is CCC1CCCCC1C1CC1C(C)N. The molecule has 0 radical (unpaired) electrons. The first-order valence-electron chi connectivity index (χ1n) is 6.49. The van der Waals surface area contributed by atoms with E-state index >= 15 is 0 Å². The van der Waals surface area contributed by atoms with E-state index in [1.807, 2.05) is 0 Å². The van der Waals surface area contributed by atoms with E-state index in [9.17, 15) is 0 Å². The highest BCUT2D eigenvalue weighted by Gasteiger charge is 2.46. The molecule has 1 nitrogen and oxygen atoms in total. The second-order valence-corrected chi connectivity index (χ2v) is 5.54. The highest BCUT2D eigenvalue weighted by molar-refractivity contribution is 4.98. The summed E-state index contributed by atoms with van der Waals surface area (Å²) in [5, 5.41) is 0. The van der Waals surface area contributed by atoms with Crippen LogP contribution in [0.3, 0.4) is 0 Å². The van der Waals surface area contributed by atoms with E-state index in [0.717, 1.165) is 23.7 Å². The predicted molar refractivity (Wildman–Crippen MR) is 61.0 cm³/mol. The first kappa shape index (κ1) is 10.5. The lowest BCUT2D eigenvalue weighted by Gasteiger charge is -2.31. The molecule has 0 saturated heterocycles. The second-order valence-electron chi connectivity index (χ2n) is 5.54. The lowest BCUT2D eigenvalue weighted by Crippen LogP contribution is -2.25. The molecule has 0 aromatic heterocycles.